The van der Waals surface area contributed by atoms with E-state index in [2.05, 4.69) is 5.32 Å². The van der Waals surface area contributed by atoms with Crippen molar-refractivity contribution in [2.75, 3.05) is 27.9 Å². The van der Waals surface area contributed by atoms with Gasteiger partial charge in [0, 0.05) is 12.4 Å². The van der Waals surface area contributed by atoms with E-state index in [0.717, 1.165) is 0 Å². The summed E-state index contributed by atoms with van der Waals surface area (Å²) in [6.45, 7) is -0.275. The van der Waals surface area contributed by atoms with Crippen LogP contribution in [0.1, 0.15) is 18.0 Å². The van der Waals surface area contributed by atoms with Crippen molar-refractivity contribution in [3.05, 3.63) is 48.0 Å². The third kappa shape index (κ3) is 5.80. The van der Waals surface area contributed by atoms with E-state index in [0.29, 0.717) is 28.6 Å². The number of amides is 1. The van der Waals surface area contributed by atoms with Crippen LogP contribution in [0.4, 0.5) is 0 Å². The van der Waals surface area contributed by atoms with Crippen LogP contribution in [0.15, 0.2) is 42.5 Å². The summed E-state index contributed by atoms with van der Waals surface area (Å²) in [5, 5.41) is 13.8. The maximum atomic E-state index is 12.3. The molecule has 0 aliphatic carbocycles. The first kappa shape index (κ1) is 20.9. The summed E-state index contributed by atoms with van der Waals surface area (Å²) < 4.78 is 20.9. The van der Waals surface area contributed by atoms with Gasteiger partial charge in [0.1, 0.15) is 11.5 Å². The quantitative estimate of drug-likeness (QED) is 0.649. The first-order chi connectivity index (χ1) is 13.5. The molecule has 1 N–H and O–H groups in total. The van der Waals surface area contributed by atoms with E-state index < -0.39 is 24.3 Å². The molecule has 0 aromatic heterocycles. The van der Waals surface area contributed by atoms with Gasteiger partial charge in [-0.2, -0.15) is 0 Å². The zero-order valence-electron chi connectivity index (χ0n) is 15.9. The third-order valence-corrected chi connectivity index (χ3v) is 3.95. The topological polar surface area (TPSA) is 106 Å². The summed E-state index contributed by atoms with van der Waals surface area (Å²) in [6.07, 6.45) is -0.399. The van der Waals surface area contributed by atoms with Gasteiger partial charge in [0.25, 0.3) is 5.91 Å². The van der Waals surface area contributed by atoms with Crippen LogP contribution in [0.2, 0.25) is 0 Å². The Morgan fingerprint density at radius 2 is 1.57 bits per heavy atom. The van der Waals surface area contributed by atoms with Gasteiger partial charge >= 0.3 is 0 Å². The number of carbonyl (C=O) groups excluding carboxylic acids is 2. The monoisotopic (exact) mass is 388 g/mol. The molecule has 0 heterocycles. The van der Waals surface area contributed by atoms with E-state index in [9.17, 15) is 14.7 Å². The zero-order valence-corrected chi connectivity index (χ0v) is 15.9. The average Bonchev–Trinajstić information content (AvgIpc) is 2.71. The number of nitrogens with one attached hydrogen (secondary N) is 1. The number of aliphatic carboxylic acids is 1. The average molecular weight is 388 g/mol. The first-order valence-corrected chi connectivity index (χ1v) is 8.44. The lowest BCUT2D eigenvalue weighted by atomic mass is 10.0. The van der Waals surface area contributed by atoms with Gasteiger partial charge in [0.05, 0.1) is 27.4 Å². The smallest absolute Gasteiger partial charge is 0.258 e. The zero-order chi connectivity index (χ0) is 20.5. The predicted octanol–water partition coefficient (Wildman–Crippen LogP) is 1.09. The number of ether oxygens (including phenoxy) is 4. The van der Waals surface area contributed by atoms with Crippen LogP contribution < -0.4 is 29.4 Å². The molecule has 0 spiro atoms. The summed E-state index contributed by atoms with van der Waals surface area (Å²) >= 11 is 0. The van der Waals surface area contributed by atoms with Crippen molar-refractivity contribution >= 4 is 11.9 Å². The fraction of sp³-hybridized carbons (Fsp3) is 0.300. The molecule has 2 aromatic rings. The molecule has 0 saturated carbocycles. The minimum atomic E-state index is -1.30. The van der Waals surface area contributed by atoms with Crippen molar-refractivity contribution in [1.82, 2.24) is 5.32 Å². The Labute approximate surface area is 163 Å². The highest BCUT2D eigenvalue weighted by molar-refractivity contribution is 5.79. The highest BCUT2D eigenvalue weighted by Gasteiger charge is 2.18. The van der Waals surface area contributed by atoms with Crippen LogP contribution in [0.25, 0.3) is 0 Å². The Morgan fingerprint density at radius 3 is 2.14 bits per heavy atom. The van der Waals surface area contributed by atoms with Crippen LogP contribution in [-0.2, 0) is 9.59 Å². The third-order valence-electron chi connectivity index (χ3n) is 3.95. The number of hydrogen-bond donors (Lipinski definition) is 1. The van der Waals surface area contributed by atoms with Crippen molar-refractivity contribution in [2.45, 2.75) is 12.5 Å². The molecule has 150 valence electrons. The Kier molecular flexibility index (Phi) is 7.50. The minimum absolute atomic E-state index is 0.275. The maximum Gasteiger partial charge on any atom is 0.258 e. The maximum absolute atomic E-state index is 12.3. The van der Waals surface area contributed by atoms with E-state index in [1.165, 1.54) is 14.2 Å². The SMILES string of the molecule is COc1ccc(OCC(=O)N[C@H](CC(=O)[O-])c2ccc(OC)c(OC)c2)cc1. The standard InChI is InChI=1S/C20H23NO7/c1-25-14-5-7-15(8-6-14)28-12-19(22)21-16(11-20(23)24)13-4-9-17(26-2)18(10-13)27-3/h4-10,16H,11-12H2,1-3H3,(H,21,22)(H,23,24)/p-1/t16-/m1/s1. The van der Waals surface area contributed by atoms with Crippen molar-refractivity contribution in [2.24, 2.45) is 0 Å². The van der Waals surface area contributed by atoms with E-state index >= 15 is 0 Å². The number of carbonyl (C=O) groups is 2. The first-order valence-electron chi connectivity index (χ1n) is 8.44. The number of carboxylic acid groups (broad SMARTS) is 1. The van der Waals surface area contributed by atoms with Crippen molar-refractivity contribution in [3.63, 3.8) is 0 Å². The Bertz CT molecular complexity index is 805. The minimum Gasteiger partial charge on any atom is -0.550 e. The molecule has 8 nitrogen and oxygen atoms in total. The van der Waals surface area contributed by atoms with Gasteiger partial charge in [-0.15, -0.1) is 0 Å². The second-order valence-corrected chi connectivity index (χ2v) is 5.77. The molecule has 0 saturated heterocycles. The summed E-state index contributed by atoms with van der Waals surface area (Å²) in [7, 11) is 4.51. The van der Waals surface area contributed by atoms with Crippen LogP contribution in [0.3, 0.4) is 0 Å². The van der Waals surface area contributed by atoms with Gasteiger partial charge in [-0.05, 0) is 42.0 Å². The predicted molar refractivity (Wildman–Crippen MR) is 98.5 cm³/mol. The highest BCUT2D eigenvalue weighted by Crippen LogP contribution is 2.30. The van der Waals surface area contributed by atoms with E-state index in [4.69, 9.17) is 18.9 Å². The second kappa shape index (κ2) is 10.1. The molecule has 0 unspecified atom stereocenters. The van der Waals surface area contributed by atoms with E-state index in [1.807, 2.05) is 0 Å². The Morgan fingerprint density at radius 1 is 0.929 bits per heavy atom. The van der Waals surface area contributed by atoms with Gasteiger partial charge in [-0.3, -0.25) is 4.79 Å². The lowest BCUT2D eigenvalue weighted by Crippen LogP contribution is -2.36. The van der Waals surface area contributed by atoms with Crippen molar-refractivity contribution in [1.29, 1.82) is 0 Å². The molecule has 0 fully saturated rings. The Balaban J connectivity index is 2.06. The normalized spacial score (nSPS) is 11.2. The lowest BCUT2D eigenvalue weighted by molar-refractivity contribution is -0.306. The summed E-state index contributed by atoms with van der Waals surface area (Å²) in [4.78, 5) is 23.4. The van der Waals surface area contributed by atoms with E-state index in [-0.39, 0.29) is 6.61 Å². The van der Waals surface area contributed by atoms with Crippen LogP contribution in [-0.4, -0.2) is 39.8 Å². The number of hydrogen-bond acceptors (Lipinski definition) is 7. The van der Waals surface area contributed by atoms with Gasteiger partial charge in [-0.25, -0.2) is 0 Å². The molecular formula is C20H22NO7-. The summed E-state index contributed by atoms with van der Waals surface area (Å²) in [5.41, 5.74) is 0.541. The van der Waals surface area contributed by atoms with Crippen LogP contribution in [0.5, 0.6) is 23.0 Å². The van der Waals surface area contributed by atoms with Gasteiger partial charge in [0.2, 0.25) is 0 Å². The summed E-state index contributed by atoms with van der Waals surface area (Å²) in [5.74, 6) is 0.297. The Hall–Kier alpha value is -3.42. The van der Waals surface area contributed by atoms with Crippen molar-refractivity contribution < 1.29 is 33.6 Å². The molecule has 1 atom stereocenters. The fourth-order valence-corrected chi connectivity index (χ4v) is 2.55. The number of methoxy groups -OCH3 is 3. The number of rotatable bonds is 10. The molecule has 28 heavy (non-hydrogen) atoms. The van der Waals surface area contributed by atoms with Gasteiger partial charge < -0.3 is 34.2 Å². The van der Waals surface area contributed by atoms with Crippen LogP contribution in [0, 0.1) is 0 Å². The summed E-state index contributed by atoms with van der Waals surface area (Å²) in [6, 6.07) is 10.8. The molecule has 0 aliphatic heterocycles. The molecule has 2 rings (SSSR count). The number of benzene rings is 2. The lowest BCUT2D eigenvalue weighted by Gasteiger charge is -2.21. The molecule has 8 heteroatoms. The largest absolute Gasteiger partial charge is 0.550 e. The highest BCUT2D eigenvalue weighted by atomic mass is 16.5. The molecule has 2 aromatic carbocycles. The molecular weight excluding hydrogens is 366 g/mol. The van der Waals surface area contributed by atoms with Crippen LogP contribution >= 0.6 is 0 Å². The molecule has 0 bridgehead atoms. The number of carboxylic acids is 1. The van der Waals surface area contributed by atoms with Crippen molar-refractivity contribution in [3.8, 4) is 23.0 Å². The molecule has 1 amide bonds. The fourth-order valence-electron chi connectivity index (χ4n) is 2.55. The van der Waals surface area contributed by atoms with Gasteiger partial charge in [-0.1, -0.05) is 6.07 Å². The molecule has 0 radical (unpaired) electrons. The van der Waals surface area contributed by atoms with Gasteiger partial charge in [0.15, 0.2) is 18.1 Å². The van der Waals surface area contributed by atoms with E-state index in [1.54, 1.807) is 49.6 Å². The molecule has 0 aliphatic rings. The second-order valence-electron chi connectivity index (χ2n) is 5.77.